The summed E-state index contributed by atoms with van der Waals surface area (Å²) >= 11 is 7.76. The first-order valence-corrected chi connectivity index (χ1v) is 8.05. The van der Waals surface area contributed by atoms with Gasteiger partial charge in [-0.2, -0.15) is 0 Å². The first-order valence-electron chi connectivity index (χ1n) is 6.86. The van der Waals surface area contributed by atoms with Crippen molar-refractivity contribution in [1.29, 1.82) is 0 Å². The minimum absolute atomic E-state index is 0.463. The van der Waals surface area contributed by atoms with Gasteiger partial charge in [-0.15, -0.1) is 11.3 Å². The van der Waals surface area contributed by atoms with Crippen LogP contribution in [0, 0.1) is 5.92 Å². The molecule has 1 aromatic heterocycles. The average molecular weight is 288 g/mol. The number of hydrogen-bond donors (Lipinski definition) is 1. The molecule has 4 heteroatoms. The van der Waals surface area contributed by atoms with Crippen LogP contribution < -0.4 is 5.32 Å². The number of hydrogen-bond acceptors (Lipinski definition) is 3. The van der Waals surface area contributed by atoms with Crippen LogP contribution in [0.25, 0.3) is 0 Å². The summed E-state index contributed by atoms with van der Waals surface area (Å²) in [7, 11) is 0. The van der Waals surface area contributed by atoms with E-state index >= 15 is 0 Å². The molecule has 2 heterocycles. The second-order valence-electron chi connectivity index (χ2n) is 4.94. The molecule has 0 amide bonds. The van der Waals surface area contributed by atoms with E-state index in [9.17, 15) is 0 Å². The van der Waals surface area contributed by atoms with Crippen LogP contribution >= 0.6 is 22.9 Å². The van der Waals surface area contributed by atoms with Crippen molar-refractivity contribution in [2.45, 2.75) is 38.6 Å². The van der Waals surface area contributed by atoms with Crippen LogP contribution in [-0.4, -0.2) is 19.8 Å². The van der Waals surface area contributed by atoms with Crippen LogP contribution in [0.5, 0.6) is 0 Å². The standard InChI is InChI=1S/C14H22ClNOS/c1-2-7-16-12(13-3-4-14(15)18-13)10-11-5-8-17-9-6-11/h3-4,11-12,16H,2,5-10H2,1H3. The zero-order valence-electron chi connectivity index (χ0n) is 11.0. The van der Waals surface area contributed by atoms with Gasteiger partial charge in [0.2, 0.25) is 0 Å². The number of thiophene rings is 1. The number of halogens is 1. The summed E-state index contributed by atoms with van der Waals surface area (Å²) < 4.78 is 6.32. The van der Waals surface area contributed by atoms with Gasteiger partial charge in [0.1, 0.15) is 0 Å². The van der Waals surface area contributed by atoms with Crippen molar-refractivity contribution in [2.24, 2.45) is 5.92 Å². The molecule has 0 spiro atoms. The highest BCUT2D eigenvalue weighted by Crippen LogP contribution is 2.33. The summed E-state index contributed by atoms with van der Waals surface area (Å²) in [4.78, 5) is 1.37. The molecule has 1 N–H and O–H groups in total. The maximum Gasteiger partial charge on any atom is 0.0931 e. The number of rotatable bonds is 6. The normalized spacial score (nSPS) is 19.0. The van der Waals surface area contributed by atoms with Crippen LogP contribution in [0.1, 0.15) is 43.5 Å². The molecule has 1 unspecified atom stereocenters. The lowest BCUT2D eigenvalue weighted by atomic mass is 9.92. The smallest absolute Gasteiger partial charge is 0.0931 e. The van der Waals surface area contributed by atoms with Gasteiger partial charge in [0, 0.05) is 24.1 Å². The third kappa shape index (κ3) is 4.23. The maximum absolute atomic E-state index is 6.05. The van der Waals surface area contributed by atoms with E-state index in [0.717, 1.165) is 30.0 Å². The zero-order chi connectivity index (χ0) is 12.8. The van der Waals surface area contributed by atoms with Crippen molar-refractivity contribution in [2.75, 3.05) is 19.8 Å². The highest BCUT2D eigenvalue weighted by atomic mass is 35.5. The lowest BCUT2D eigenvalue weighted by Crippen LogP contribution is -2.26. The molecule has 1 aliphatic heterocycles. The number of ether oxygens (including phenoxy) is 1. The largest absolute Gasteiger partial charge is 0.381 e. The molecule has 0 aromatic carbocycles. The molecule has 102 valence electrons. The first kappa shape index (κ1) is 14.3. The molecule has 0 radical (unpaired) electrons. The first-order chi connectivity index (χ1) is 8.79. The second-order valence-corrected chi connectivity index (χ2v) is 6.69. The van der Waals surface area contributed by atoms with E-state index in [0.29, 0.717) is 6.04 Å². The minimum atomic E-state index is 0.463. The van der Waals surface area contributed by atoms with Gasteiger partial charge >= 0.3 is 0 Å². The van der Waals surface area contributed by atoms with E-state index < -0.39 is 0 Å². The summed E-state index contributed by atoms with van der Waals surface area (Å²) in [6.07, 6.45) is 4.77. The van der Waals surface area contributed by atoms with Crippen LogP contribution in [0.4, 0.5) is 0 Å². The molecule has 1 atom stereocenters. The Morgan fingerprint density at radius 1 is 1.44 bits per heavy atom. The van der Waals surface area contributed by atoms with Crippen molar-refractivity contribution < 1.29 is 4.74 Å². The summed E-state index contributed by atoms with van der Waals surface area (Å²) in [5.74, 6) is 0.786. The van der Waals surface area contributed by atoms with Crippen molar-refractivity contribution in [3.8, 4) is 0 Å². The molecular weight excluding hydrogens is 266 g/mol. The van der Waals surface area contributed by atoms with Gasteiger partial charge in [-0.25, -0.2) is 0 Å². The van der Waals surface area contributed by atoms with Crippen LogP contribution in [-0.2, 0) is 4.74 Å². The summed E-state index contributed by atoms with van der Waals surface area (Å²) in [6, 6.07) is 4.64. The minimum Gasteiger partial charge on any atom is -0.381 e. The van der Waals surface area contributed by atoms with E-state index in [1.165, 1.54) is 30.6 Å². The fraction of sp³-hybridized carbons (Fsp3) is 0.714. The van der Waals surface area contributed by atoms with Crippen molar-refractivity contribution in [1.82, 2.24) is 5.32 Å². The second kappa shape index (κ2) is 7.49. The van der Waals surface area contributed by atoms with Crippen LogP contribution in [0.15, 0.2) is 12.1 Å². The van der Waals surface area contributed by atoms with E-state index in [1.54, 1.807) is 11.3 Å². The lowest BCUT2D eigenvalue weighted by molar-refractivity contribution is 0.0606. The van der Waals surface area contributed by atoms with Gasteiger partial charge in [-0.1, -0.05) is 18.5 Å². The molecule has 0 saturated carbocycles. The molecule has 1 fully saturated rings. The molecule has 0 aliphatic carbocycles. The Kier molecular flexibility index (Phi) is 5.96. The zero-order valence-corrected chi connectivity index (χ0v) is 12.5. The van der Waals surface area contributed by atoms with Gasteiger partial charge in [0.25, 0.3) is 0 Å². The highest BCUT2D eigenvalue weighted by Gasteiger charge is 2.21. The van der Waals surface area contributed by atoms with E-state index in [-0.39, 0.29) is 0 Å². The third-order valence-corrected chi connectivity index (χ3v) is 4.83. The Balaban J connectivity index is 1.95. The number of nitrogens with one attached hydrogen (secondary N) is 1. The maximum atomic E-state index is 6.05. The third-order valence-electron chi connectivity index (χ3n) is 3.49. The molecule has 1 aromatic rings. The van der Waals surface area contributed by atoms with Gasteiger partial charge in [-0.3, -0.25) is 0 Å². The Morgan fingerprint density at radius 2 is 2.22 bits per heavy atom. The summed E-state index contributed by atoms with van der Waals surface area (Å²) in [5, 5.41) is 3.66. The Hall–Kier alpha value is -0.0900. The van der Waals surface area contributed by atoms with Gasteiger partial charge in [0.15, 0.2) is 0 Å². The predicted octanol–water partition coefficient (Wildman–Crippen LogP) is 4.26. The molecule has 2 nitrogen and oxygen atoms in total. The average Bonchev–Trinajstić information content (AvgIpc) is 2.82. The quantitative estimate of drug-likeness (QED) is 0.844. The summed E-state index contributed by atoms with van der Waals surface area (Å²) in [5.41, 5.74) is 0. The Morgan fingerprint density at radius 3 is 2.83 bits per heavy atom. The highest BCUT2D eigenvalue weighted by molar-refractivity contribution is 7.16. The molecule has 1 saturated heterocycles. The molecule has 2 rings (SSSR count). The molecule has 18 heavy (non-hydrogen) atoms. The van der Waals surface area contributed by atoms with Crippen molar-refractivity contribution in [3.63, 3.8) is 0 Å². The van der Waals surface area contributed by atoms with Gasteiger partial charge in [-0.05, 0) is 50.3 Å². The fourth-order valence-electron chi connectivity index (χ4n) is 2.45. The molecule has 1 aliphatic rings. The Labute approximate surface area is 119 Å². The van der Waals surface area contributed by atoms with Gasteiger partial charge in [0.05, 0.1) is 4.34 Å². The monoisotopic (exact) mass is 287 g/mol. The SMILES string of the molecule is CCCNC(CC1CCOCC1)c1ccc(Cl)s1. The predicted molar refractivity (Wildman–Crippen MR) is 78.5 cm³/mol. The molecule has 0 bridgehead atoms. The van der Waals surface area contributed by atoms with E-state index in [4.69, 9.17) is 16.3 Å². The fourth-order valence-corrected chi connectivity index (χ4v) is 3.60. The lowest BCUT2D eigenvalue weighted by Gasteiger charge is -2.26. The van der Waals surface area contributed by atoms with Gasteiger partial charge < -0.3 is 10.1 Å². The molecular formula is C14H22ClNOS. The van der Waals surface area contributed by atoms with Crippen LogP contribution in [0.3, 0.4) is 0 Å². The van der Waals surface area contributed by atoms with Crippen molar-refractivity contribution >= 4 is 22.9 Å². The summed E-state index contributed by atoms with van der Waals surface area (Å²) in [6.45, 7) is 5.13. The topological polar surface area (TPSA) is 21.3 Å². The van der Waals surface area contributed by atoms with E-state index in [1.807, 2.05) is 6.07 Å². The van der Waals surface area contributed by atoms with Crippen LogP contribution in [0.2, 0.25) is 4.34 Å². The van der Waals surface area contributed by atoms with Crippen molar-refractivity contribution in [3.05, 3.63) is 21.3 Å². The van der Waals surface area contributed by atoms with E-state index in [2.05, 4.69) is 18.3 Å². The Bertz CT molecular complexity index is 349.